The number of nitrogens with one attached hydrogen (secondary N) is 2. The molecule has 31 heavy (non-hydrogen) atoms. The van der Waals surface area contributed by atoms with E-state index in [-0.39, 0.29) is 17.3 Å². The van der Waals surface area contributed by atoms with E-state index in [2.05, 4.69) is 22.2 Å². The van der Waals surface area contributed by atoms with Gasteiger partial charge < -0.3 is 9.73 Å². The average molecular weight is 457 g/mol. The number of amides is 1. The van der Waals surface area contributed by atoms with E-state index >= 15 is 0 Å². The van der Waals surface area contributed by atoms with Crippen molar-refractivity contribution >= 4 is 33.8 Å². The van der Waals surface area contributed by atoms with E-state index in [9.17, 15) is 13.2 Å². The maximum Gasteiger partial charge on any atom is 0.244 e. The third-order valence-electron chi connectivity index (χ3n) is 4.29. The summed E-state index contributed by atoms with van der Waals surface area (Å²) in [5.74, 6) is 2.09. The Bertz CT molecular complexity index is 1080. The molecule has 0 bridgehead atoms. The summed E-state index contributed by atoms with van der Waals surface area (Å²) in [6.45, 7) is 0.667. The molecule has 2 N–H and O–H groups in total. The number of sulfonamides is 1. The van der Waals surface area contributed by atoms with Crippen molar-refractivity contribution in [2.75, 3.05) is 12.3 Å². The zero-order valence-corrected chi connectivity index (χ0v) is 18.5. The minimum atomic E-state index is -3.64. The first-order valence-electron chi connectivity index (χ1n) is 9.73. The van der Waals surface area contributed by atoms with Crippen LogP contribution in [0.25, 0.3) is 6.08 Å². The van der Waals surface area contributed by atoms with Crippen LogP contribution in [0.1, 0.15) is 16.9 Å². The summed E-state index contributed by atoms with van der Waals surface area (Å²) in [4.78, 5) is 12.1. The third kappa shape index (κ3) is 7.75. The van der Waals surface area contributed by atoms with Crippen molar-refractivity contribution in [2.45, 2.75) is 17.2 Å². The molecule has 162 valence electrons. The van der Waals surface area contributed by atoms with Gasteiger partial charge in [-0.2, -0.15) is 11.8 Å². The molecule has 1 amide bonds. The van der Waals surface area contributed by atoms with E-state index < -0.39 is 10.0 Å². The average Bonchev–Trinajstić information content (AvgIpc) is 3.31. The highest BCUT2D eigenvalue weighted by Gasteiger charge is 2.13. The Morgan fingerprint density at radius 1 is 1.00 bits per heavy atom. The fourth-order valence-corrected chi connectivity index (χ4v) is 4.47. The number of benzene rings is 2. The molecule has 0 unspecified atom stereocenters. The van der Waals surface area contributed by atoms with E-state index in [4.69, 9.17) is 4.42 Å². The highest BCUT2D eigenvalue weighted by molar-refractivity contribution is 7.98. The summed E-state index contributed by atoms with van der Waals surface area (Å²) < 4.78 is 32.3. The Morgan fingerprint density at radius 3 is 2.48 bits per heavy atom. The van der Waals surface area contributed by atoms with Crippen molar-refractivity contribution in [2.24, 2.45) is 0 Å². The monoisotopic (exact) mass is 456 g/mol. The fraction of sp³-hybridized carbons (Fsp3) is 0.174. The van der Waals surface area contributed by atoms with Crippen molar-refractivity contribution in [1.29, 1.82) is 0 Å². The first kappa shape index (κ1) is 22.9. The summed E-state index contributed by atoms with van der Waals surface area (Å²) in [7, 11) is -3.64. The maximum atomic E-state index is 12.3. The van der Waals surface area contributed by atoms with E-state index in [1.165, 1.54) is 30.0 Å². The van der Waals surface area contributed by atoms with Gasteiger partial charge in [-0.25, -0.2) is 13.1 Å². The van der Waals surface area contributed by atoms with Crippen LogP contribution in [-0.4, -0.2) is 26.6 Å². The lowest BCUT2D eigenvalue weighted by Crippen LogP contribution is -2.23. The number of furan rings is 1. The standard InChI is InChI=1S/C23H24N2O4S2/c26-23(24-14-16-30-18-20-5-2-1-3-6-20)13-10-19-8-11-22(12-9-19)31(27,28)25-17-21-7-4-15-29-21/h1-13,15,25H,14,16-18H2,(H,24,26)/b13-10+. The SMILES string of the molecule is O=C(/C=C/c1ccc(S(=O)(=O)NCc2ccco2)cc1)NCCSCc1ccccc1. The highest BCUT2D eigenvalue weighted by atomic mass is 32.2. The van der Waals surface area contributed by atoms with Gasteiger partial charge in [0.05, 0.1) is 17.7 Å². The normalized spacial score (nSPS) is 11.6. The predicted octanol–water partition coefficient (Wildman–Crippen LogP) is 3.82. The van der Waals surface area contributed by atoms with Crippen molar-refractivity contribution in [3.05, 3.63) is 96.0 Å². The number of carbonyl (C=O) groups excluding carboxylic acids is 1. The van der Waals surface area contributed by atoms with Crippen LogP contribution < -0.4 is 10.0 Å². The Hall–Kier alpha value is -2.81. The molecular formula is C23H24N2O4S2. The van der Waals surface area contributed by atoms with Crippen LogP contribution in [0.4, 0.5) is 0 Å². The first-order chi connectivity index (χ1) is 15.0. The number of hydrogen-bond donors (Lipinski definition) is 2. The summed E-state index contributed by atoms with van der Waals surface area (Å²) in [5, 5.41) is 2.84. The van der Waals surface area contributed by atoms with Gasteiger partial charge in [-0.05, 0) is 41.5 Å². The van der Waals surface area contributed by atoms with Crippen LogP contribution in [0, 0.1) is 0 Å². The predicted molar refractivity (Wildman–Crippen MR) is 124 cm³/mol. The molecule has 0 aliphatic rings. The topological polar surface area (TPSA) is 88.4 Å². The molecule has 0 saturated carbocycles. The fourth-order valence-electron chi connectivity index (χ4n) is 2.66. The van der Waals surface area contributed by atoms with Crippen LogP contribution >= 0.6 is 11.8 Å². The molecule has 6 nitrogen and oxygen atoms in total. The van der Waals surface area contributed by atoms with Crippen molar-refractivity contribution in [3.63, 3.8) is 0 Å². The van der Waals surface area contributed by atoms with Gasteiger partial charge in [0.15, 0.2) is 0 Å². The molecule has 2 aromatic carbocycles. The Kier molecular flexibility index (Phi) is 8.52. The number of carbonyl (C=O) groups is 1. The van der Waals surface area contributed by atoms with Gasteiger partial charge in [0, 0.05) is 24.1 Å². The third-order valence-corrected chi connectivity index (χ3v) is 6.74. The molecule has 0 spiro atoms. The summed E-state index contributed by atoms with van der Waals surface area (Å²) >= 11 is 1.76. The van der Waals surface area contributed by atoms with Gasteiger partial charge in [0.2, 0.25) is 15.9 Å². The van der Waals surface area contributed by atoms with Gasteiger partial charge in [-0.3, -0.25) is 4.79 Å². The quantitative estimate of drug-likeness (QED) is 0.338. The van der Waals surface area contributed by atoms with Crippen molar-refractivity contribution in [3.8, 4) is 0 Å². The molecule has 8 heteroatoms. The molecule has 0 radical (unpaired) electrons. The summed E-state index contributed by atoms with van der Waals surface area (Å²) in [6, 6.07) is 19.9. The van der Waals surface area contributed by atoms with E-state index in [0.717, 1.165) is 17.1 Å². The van der Waals surface area contributed by atoms with Crippen molar-refractivity contribution in [1.82, 2.24) is 10.0 Å². The van der Waals surface area contributed by atoms with Crippen LogP contribution in [0.5, 0.6) is 0 Å². The second kappa shape index (κ2) is 11.5. The Labute approximate surface area is 186 Å². The molecule has 3 aromatic rings. The number of hydrogen-bond acceptors (Lipinski definition) is 5. The molecule has 3 rings (SSSR count). The van der Waals surface area contributed by atoms with Crippen molar-refractivity contribution < 1.29 is 17.6 Å². The van der Waals surface area contributed by atoms with E-state index in [0.29, 0.717) is 12.3 Å². The smallest absolute Gasteiger partial charge is 0.244 e. The lowest BCUT2D eigenvalue weighted by atomic mass is 10.2. The van der Waals surface area contributed by atoms with Crippen LogP contribution in [0.2, 0.25) is 0 Å². The second-order valence-corrected chi connectivity index (χ2v) is 9.51. The van der Waals surface area contributed by atoms with E-state index in [1.54, 1.807) is 42.1 Å². The zero-order valence-electron chi connectivity index (χ0n) is 16.9. The van der Waals surface area contributed by atoms with Gasteiger partial charge in [-0.1, -0.05) is 42.5 Å². The lowest BCUT2D eigenvalue weighted by Gasteiger charge is -2.06. The van der Waals surface area contributed by atoms with Gasteiger partial charge in [0.25, 0.3) is 0 Å². The van der Waals surface area contributed by atoms with Gasteiger partial charge >= 0.3 is 0 Å². The number of thioether (sulfide) groups is 1. The molecule has 0 atom stereocenters. The molecule has 0 fully saturated rings. The highest BCUT2D eigenvalue weighted by Crippen LogP contribution is 2.13. The van der Waals surface area contributed by atoms with Gasteiger partial charge in [0.1, 0.15) is 5.76 Å². The molecule has 0 saturated heterocycles. The van der Waals surface area contributed by atoms with E-state index in [1.807, 2.05) is 18.2 Å². The first-order valence-corrected chi connectivity index (χ1v) is 12.4. The largest absolute Gasteiger partial charge is 0.468 e. The molecule has 0 aliphatic carbocycles. The summed E-state index contributed by atoms with van der Waals surface area (Å²) in [5.41, 5.74) is 2.00. The lowest BCUT2D eigenvalue weighted by molar-refractivity contribution is -0.116. The molecule has 1 aromatic heterocycles. The van der Waals surface area contributed by atoms with Crippen LogP contribution in [0.3, 0.4) is 0 Å². The van der Waals surface area contributed by atoms with Crippen LogP contribution in [0.15, 0.2) is 88.4 Å². The minimum absolute atomic E-state index is 0.0841. The minimum Gasteiger partial charge on any atom is -0.468 e. The van der Waals surface area contributed by atoms with Gasteiger partial charge in [-0.15, -0.1) is 0 Å². The number of rotatable bonds is 11. The molecule has 1 heterocycles. The summed E-state index contributed by atoms with van der Waals surface area (Å²) in [6.07, 6.45) is 4.59. The van der Waals surface area contributed by atoms with Crippen LogP contribution in [-0.2, 0) is 27.1 Å². The second-order valence-electron chi connectivity index (χ2n) is 6.64. The zero-order chi connectivity index (χ0) is 21.9. The maximum absolute atomic E-state index is 12.3. The molecule has 0 aliphatic heterocycles. The molecular weight excluding hydrogens is 432 g/mol. The Balaban J connectivity index is 1.40. The Morgan fingerprint density at radius 2 is 1.77 bits per heavy atom.